The molecule has 5 nitrogen and oxygen atoms in total. The van der Waals surface area contributed by atoms with Crippen LogP contribution < -0.4 is 0 Å². The van der Waals surface area contributed by atoms with E-state index in [0.717, 1.165) is 22.8 Å². The molecular weight excluding hydrogens is 282 g/mol. The fraction of sp³-hybridized carbons (Fsp3) is 0.267. The Morgan fingerprint density at radius 2 is 1.95 bits per heavy atom. The van der Waals surface area contributed by atoms with Crippen LogP contribution in [0.3, 0.4) is 0 Å². The van der Waals surface area contributed by atoms with Crippen LogP contribution in [0.1, 0.15) is 16.8 Å². The summed E-state index contributed by atoms with van der Waals surface area (Å²) >= 11 is 5.17. The van der Waals surface area contributed by atoms with E-state index in [2.05, 4.69) is 41.3 Å². The minimum atomic E-state index is 0.601. The first-order valence-corrected chi connectivity index (χ1v) is 7.14. The summed E-state index contributed by atoms with van der Waals surface area (Å²) in [5, 5.41) is 11.6. The molecule has 0 atom stereocenters. The Morgan fingerprint density at radius 3 is 2.62 bits per heavy atom. The second kappa shape index (κ2) is 4.96. The second-order valence-electron chi connectivity index (χ2n) is 5.19. The van der Waals surface area contributed by atoms with Gasteiger partial charge < -0.3 is 4.57 Å². The molecule has 3 aromatic rings. The SMILES string of the molecule is Cc1cccc(-n2ncc(-c3n[nH]c(=S)n3C)c2C)c1C. The van der Waals surface area contributed by atoms with Crippen molar-refractivity contribution in [1.82, 2.24) is 24.5 Å². The first kappa shape index (κ1) is 13.8. The zero-order valence-electron chi connectivity index (χ0n) is 12.5. The Balaban J connectivity index is 2.18. The zero-order valence-corrected chi connectivity index (χ0v) is 13.3. The molecule has 0 aliphatic heterocycles. The van der Waals surface area contributed by atoms with Crippen molar-refractivity contribution in [3.63, 3.8) is 0 Å². The standard InChI is InChI=1S/C15H17N5S/c1-9-6-5-7-13(10(9)2)20-11(3)12(8-16-20)14-17-18-15(21)19(14)4/h5-8H,1-4H3,(H,18,21). The van der Waals surface area contributed by atoms with Gasteiger partial charge in [-0.15, -0.1) is 0 Å². The van der Waals surface area contributed by atoms with Gasteiger partial charge in [0.15, 0.2) is 10.6 Å². The van der Waals surface area contributed by atoms with Gasteiger partial charge in [0.2, 0.25) is 0 Å². The topological polar surface area (TPSA) is 51.4 Å². The number of rotatable bonds is 2. The van der Waals surface area contributed by atoms with Crippen molar-refractivity contribution >= 4 is 12.2 Å². The number of benzene rings is 1. The molecule has 0 amide bonds. The van der Waals surface area contributed by atoms with Crippen LogP contribution in [0, 0.1) is 25.5 Å². The quantitative estimate of drug-likeness (QED) is 0.739. The maximum absolute atomic E-state index is 5.17. The first-order valence-electron chi connectivity index (χ1n) is 6.73. The van der Waals surface area contributed by atoms with Gasteiger partial charge in [0.25, 0.3) is 0 Å². The van der Waals surface area contributed by atoms with E-state index in [1.54, 1.807) is 0 Å². The highest BCUT2D eigenvalue weighted by Crippen LogP contribution is 2.25. The molecule has 0 radical (unpaired) electrons. The third-order valence-electron chi connectivity index (χ3n) is 3.93. The Morgan fingerprint density at radius 1 is 1.19 bits per heavy atom. The summed E-state index contributed by atoms with van der Waals surface area (Å²) in [5.74, 6) is 0.800. The Labute approximate surface area is 128 Å². The molecule has 1 N–H and O–H groups in total. The molecule has 21 heavy (non-hydrogen) atoms. The maximum atomic E-state index is 5.17. The van der Waals surface area contributed by atoms with Crippen molar-refractivity contribution < 1.29 is 0 Å². The number of aromatic nitrogens is 5. The molecule has 6 heteroatoms. The third-order valence-corrected chi connectivity index (χ3v) is 4.30. The van der Waals surface area contributed by atoms with Crippen molar-refractivity contribution in [1.29, 1.82) is 0 Å². The van der Waals surface area contributed by atoms with E-state index >= 15 is 0 Å². The van der Waals surface area contributed by atoms with Crippen molar-refractivity contribution in [2.24, 2.45) is 7.05 Å². The minimum Gasteiger partial charge on any atom is -0.303 e. The van der Waals surface area contributed by atoms with Gasteiger partial charge in [-0.3, -0.25) is 5.10 Å². The number of hydrogen-bond acceptors (Lipinski definition) is 3. The molecule has 0 fully saturated rings. The number of nitrogens with zero attached hydrogens (tertiary/aromatic N) is 4. The Kier molecular flexibility index (Phi) is 3.25. The van der Waals surface area contributed by atoms with Crippen LogP contribution >= 0.6 is 12.2 Å². The van der Waals surface area contributed by atoms with Gasteiger partial charge in [-0.1, -0.05) is 12.1 Å². The maximum Gasteiger partial charge on any atom is 0.195 e. The van der Waals surface area contributed by atoms with Crippen molar-refractivity contribution in [2.45, 2.75) is 20.8 Å². The van der Waals surface area contributed by atoms with Gasteiger partial charge in [-0.05, 0) is 50.2 Å². The van der Waals surface area contributed by atoms with Gasteiger partial charge in [0.05, 0.1) is 23.1 Å². The van der Waals surface area contributed by atoms with Gasteiger partial charge in [-0.2, -0.15) is 10.2 Å². The normalized spacial score (nSPS) is 11.0. The lowest BCUT2D eigenvalue weighted by molar-refractivity contribution is 0.837. The molecular formula is C15H17N5S. The fourth-order valence-electron chi connectivity index (χ4n) is 2.42. The summed E-state index contributed by atoms with van der Waals surface area (Å²) in [4.78, 5) is 0. The van der Waals surface area contributed by atoms with Gasteiger partial charge in [0, 0.05) is 7.05 Å². The molecule has 0 spiro atoms. The van der Waals surface area contributed by atoms with Gasteiger partial charge in [-0.25, -0.2) is 4.68 Å². The summed E-state index contributed by atoms with van der Waals surface area (Å²) < 4.78 is 4.41. The molecule has 0 saturated carbocycles. The van der Waals surface area contributed by atoms with Gasteiger partial charge >= 0.3 is 0 Å². The van der Waals surface area contributed by atoms with E-state index in [9.17, 15) is 0 Å². The lowest BCUT2D eigenvalue weighted by Crippen LogP contribution is -2.03. The van der Waals surface area contributed by atoms with Crippen LogP contribution in [-0.4, -0.2) is 24.5 Å². The monoisotopic (exact) mass is 299 g/mol. The summed E-state index contributed by atoms with van der Waals surface area (Å²) in [6.07, 6.45) is 1.84. The number of aryl methyl sites for hydroxylation is 1. The molecule has 0 saturated heterocycles. The van der Waals surface area contributed by atoms with Crippen LogP contribution in [0.5, 0.6) is 0 Å². The van der Waals surface area contributed by atoms with Gasteiger partial charge in [0.1, 0.15) is 0 Å². The lowest BCUT2D eigenvalue weighted by atomic mass is 10.1. The van der Waals surface area contributed by atoms with Crippen LogP contribution in [0.4, 0.5) is 0 Å². The van der Waals surface area contributed by atoms with E-state index in [-0.39, 0.29) is 0 Å². The molecule has 3 rings (SSSR count). The summed E-state index contributed by atoms with van der Waals surface area (Å²) in [5.41, 5.74) is 5.59. The minimum absolute atomic E-state index is 0.601. The Hall–Kier alpha value is -2.21. The average Bonchev–Trinajstić information content (AvgIpc) is 2.98. The molecule has 0 unspecified atom stereocenters. The van der Waals surface area contributed by atoms with E-state index < -0.39 is 0 Å². The van der Waals surface area contributed by atoms with E-state index in [4.69, 9.17) is 12.2 Å². The highest BCUT2D eigenvalue weighted by molar-refractivity contribution is 7.71. The van der Waals surface area contributed by atoms with Crippen LogP contribution in [0.15, 0.2) is 24.4 Å². The van der Waals surface area contributed by atoms with E-state index in [1.165, 1.54) is 11.1 Å². The average molecular weight is 299 g/mol. The fourth-order valence-corrected chi connectivity index (χ4v) is 2.56. The molecule has 2 aromatic heterocycles. The molecule has 0 bridgehead atoms. The van der Waals surface area contributed by atoms with E-state index in [1.807, 2.05) is 35.5 Å². The summed E-state index contributed by atoms with van der Waals surface area (Å²) in [7, 11) is 1.90. The summed E-state index contributed by atoms with van der Waals surface area (Å²) in [6, 6.07) is 6.24. The van der Waals surface area contributed by atoms with Crippen molar-refractivity contribution in [3.8, 4) is 17.1 Å². The third kappa shape index (κ3) is 2.12. The Bertz CT molecular complexity index is 869. The predicted octanol–water partition coefficient (Wildman–Crippen LogP) is 3.26. The molecule has 0 aliphatic rings. The predicted molar refractivity (Wildman–Crippen MR) is 85.2 cm³/mol. The smallest absolute Gasteiger partial charge is 0.195 e. The van der Waals surface area contributed by atoms with E-state index in [0.29, 0.717) is 4.77 Å². The molecule has 1 aromatic carbocycles. The molecule has 2 heterocycles. The first-order chi connectivity index (χ1) is 10.0. The molecule has 108 valence electrons. The molecule has 0 aliphatic carbocycles. The number of aromatic amines is 1. The second-order valence-corrected chi connectivity index (χ2v) is 5.57. The van der Waals surface area contributed by atoms with Crippen LogP contribution in [-0.2, 0) is 7.05 Å². The van der Waals surface area contributed by atoms with Crippen molar-refractivity contribution in [2.75, 3.05) is 0 Å². The highest BCUT2D eigenvalue weighted by Gasteiger charge is 2.15. The summed E-state index contributed by atoms with van der Waals surface area (Å²) in [6.45, 7) is 6.26. The largest absolute Gasteiger partial charge is 0.303 e. The van der Waals surface area contributed by atoms with Crippen LogP contribution in [0.25, 0.3) is 17.1 Å². The lowest BCUT2D eigenvalue weighted by Gasteiger charge is -2.10. The van der Waals surface area contributed by atoms with Crippen molar-refractivity contribution in [3.05, 3.63) is 46.0 Å². The highest BCUT2D eigenvalue weighted by atomic mass is 32.1. The van der Waals surface area contributed by atoms with Crippen LogP contribution in [0.2, 0.25) is 0 Å². The number of hydrogen-bond donors (Lipinski definition) is 1. The number of nitrogens with one attached hydrogen (secondary N) is 1. The number of H-pyrrole nitrogens is 1. The zero-order chi connectivity index (χ0) is 15.1.